The first-order chi connectivity index (χ1) is 12.6. The Morgan fingerprint density at radius 3 is 2.48 bits per heavy atom. The molecule has 3 aromatic heterocycles. The van der Waals surface area contributed by atoms with Gasteiger partial charge in [0.05, 0.1) is 11.3 Å². The quantitative estimate of drug-likeness (QED) is 0.518. The van der Waals surface area contributed by atoms with Crippen molar-refractivity contribution in [1.29, 1.82) is 0 Å². The maximum absolute atomic E-state index is 5.50. The van der Waals surface area contributed by atoms with Gasteiger partial charge in [-0.2, -0.15) is 4.98 Å². The summed E-state index contributed by atoms with van der Waals surface area (Å²) in [6, 6.07) is 13.9. The summed E-state index contributed by atoms with van der Waals surface area (Å²) in [6.45, 7) is 6.01. The van der Waals surface area contributed by atoms with E-state index in [-0.39, 0.29) is 18.3 Å². The summed E-state index contributed by atoms with van der Waals surface area (Å²) >= 11 is 0. The summed E-state index contributed by atoms with van der Waals surface area (Å²) in [7, 11) is 0. The highest BCUT2D eigenvalue weighted by Gasteiger charge is 2.18. The fourth-order valence-electron chi connectivity index (χ4n) is 2.71. The summed E-state index contributed by atoms with van der Waals surface area (Å²) in [4.78, 5) is 13.6. The van der Waals surface area contributed by atoms with E-state index in [4.69, 9.17) is 4.52 Å². The van der Waals surface area contributed by atoms with Crippen LogP contribution in [0.5, 0.6) is 0 Å². The van der Waals surface area contributed by atoms with Crippen molar-refractivity contribution >= 4 is 34.8 Å². The van der Waals surface area contributed by atoms with Crippen LogP contribution in [0.15, 0.2) is 53.2 Å². The molecular weight excluding hydrogens is 362 g/mol. The zero-order valence-corrected chi connectivity index (χ0v) is 16.1. The molecule has 0 spiro atoms. The second-order valence-electron chi connectivity index (χ2n) is 6.47. The van der Waals surface area contributed by atoms with E-state index in [9.17, 15) is 0 Å². The molecule has 3 heterocycles. The normalized spacial score (nSPS) is 10.8. The number of halogens is 1. The number of benzene rings is 1. The molecule has 0 bridgehead atoms. The van der Waals surface area contributed by atoms with Gasteiger partial charge < -0.3 is 9.84 Å². The summed E-state index contributed by atoms with van der Waals surface area (Å²) in [6.07, 6.45) is 1.73. The molecule has 1 N–H and O–H groups in total. The molecule has 0 atom stereocenters. The van der Waals surface area contributed by atoms with E-state index in [1.165, 1.54) is 0 Å². The first-order valence-corrected chi connectivity index (χ1v) is 8.54. The molecule has 0 aliphatic rings. The van der Waals surface area contributed by atoms with Crippen molar-refractivity contribution < 1.29 is 4.52 Å². The van der Waals surface area contributed by atoms with Crippen LogP contribution in [0.4, 0.5) is 11.4 Å². The van der Waals surface area contributed by atoms with Crippen molar-refractivity contribution in [2.24, 2.45) is 0 Å². The van der Waals surface area contributed by atoms with E-state index in [0.717, 1.165) is 28.0 Å². The summed E-state index contributed by atoms with van der Waals surface area (Å²) < 4.78 is 5.50. The van der Waals surface area contributed by atoms with Gasteiger partial charge in [-0.05, 0) is 31.2 Å². The van der Waals surface area contributed by atoms with Crippen LogP contribution >= 0.6 is 12.4 Å². The second-order valence-corrected chi connectivity index (χ2v) is 6.47. The van der Waals surface area contributed by atoms with Crippen LogP contribution in [0.3, 0.4) is 0 Å². The Balaban J connectivity index is 0.00000210. The fourth-order valence-corrected chi connectivity index (χ4v) is 2.71. The van der Waals surface area contributed by atoms with Gasteiger partial charge in [-0.3, -0.25) is 0 Å². The predicted molar refractivity (Wildman–Crippen MR) is 109 cm³/mol. The fraction of sp³-hybridized carbons (Fsp3) is 0.200. The number of nitrogens with one attached hydrogen (secondary N) is 1. The van der Waals surface area contributed by atoms with Crippen molar-refractivity contribution in [2.75, 3.05) is 5.32 Å². The minimum Gasteiger partial charge on any atom is -0.354 e. The van der Waals surface area contributed by atoms with Crippen LogP contribution in [0.2, 0.25) is 0 Å². The maximum Gasteiger partial charge on any atom is 0.261 e. The topological polar surface area (TPSA) is 76.7 Å². The monoisotopic (exact) mass is 381 g/mol. The number of hydrogen-bond donors (Lipinski definition) is 1. The number of nitrogens with zero attached hydrogens (tertiary/aromatic N) is 4. The van der Waals surface area contributed by atoms with Crippen LogP contribution in [0.25, 0.3) is 22.5 Å². The third-order valence-corrected chi connectivity index (χ3v) is 4.10. The third kappa shape index (κ3) is 3.75. The largest absolute Gasteiger partial charge is 0.354 e. The number of aromatic nitrogens is 4. The van der Waals surface area contributed by atoms with E-state index in [0.29, 0.717) is 17.4 Å². The first-order valence-electron chi connectivity index (χ1n) is 8.54. The Kier molecular flexibility index (Phi) is 5.37. The van der Waals surface area contributed by atoms with Gasteiger partial charge in [-0.15, -0.1) is 12.4 Å². The molecule has 0 fully saturated rings. The molecule has 0 saturated carbocycles. The van der Waals surface area contributed by atoms with Crippen molar-refractivity contribution in [2.45, 2.75) is 26.7 Å². The van der Waals surface area contributed by atoms with Gasteiger partial charge in [-0.1, -0.05) is 37.2 Å². The zero-order valence-electron chi connectivity index (χ0n) is 15.3. The number of rotatable bonds is 4. The van der Waals surface area contributed by atoms with Gasteiger partial charge in [0, 0.05) is 28.9 Å². The maximum atomic E-state index is 5.50. The lowest BCUT2D eigenvalue weighted by molar-refractivity contribution is 0.419. The number of hydrogen-bond acceptors (Lipinski definition) is 6. The lowest BCUT2D eigenvalue weighted by Gasteiger charge is -2.12. The molecule has 27 heavy (non-hydrogen) atoms. The number of para-hydroxylation sites is 1. The molecule has 4 rings (SSSR count). The molecule has 0 unspecified atom stereocenters. The number of aryl methyl sites for hydroxylation is 1. The van der Waals surface area contributed by atoms with Gasteiger partial charge in [0.1, 0.15) is 0 Å². The van der Waals surface area contributed by atoms with Gasteiger partial charge in [0.2, 0.25) is 0 Å². The van der Waals surface area contributed by atoms with E-state index in [1.807, 2.05) is 63.2 Å². The van der Waals surface area contributed by atoms with E-state index in [2.05, 4.69) is 25.4 Å². The Bertz CT molecular complexity index is 1060. The second kappa shape index (κ2) is 7.72. The average molecular weight is 382 g/mol. The van der Waals surface area contributed by atoms with Gasteiger partial charge in [-0.25, -0.2) is 9.97 Å². The SMILES string of the molecule is Cc1ccc2c(Nc3ccccc3)c(-c3nc(C(C)C)no3)cnc2n1.Cl. The van der Waals surface area contributed by atoms with Crippen molar-refractivity contribution in [1.82, 2.24) is 20.1 Å². The highest BCUT2D eigenvalue weighted by atomic mass is 35.5. The highest BCUT2D eigenvalue weighted by Crippen LogP contribution is 2.35. The molecule has 0 aliphatic carbocycles. The Labute approximate surface area is 163 Å². The average Bonchev–Trinajstić information content (AvgIpc) is 3.13. The van der Waals surface area contributed by atoms with Crippen LogP contribution in [-0.2, 0) is 0 Å². The molecule has 0 radical (unpaired) electrons. The van der Waals surface area contributed by atoms with E-state index in [1.54, 1.807) is 6.20 Å². The van der Waals surface area contributed by atoms with Crippen molar-refractivity contribution in [3.05, 3.63) is 60.2 Å². The predicted octanol–water partition coefficient (Wildman–Crippen LogP) is 5.28. The molecule has 4 aromatic rings. The van der Waals surface area contributed by atoms with Crippen LogP contribution in [0, 0.1) is 6.92 Å². The van der Waals surface area contributed by atoms with Crippen LogP contribution in [-0.4, -0.2) is 20.1 Å². The summed E-state index contributed by atoms with van der Waals surface area (Å²) in [5.74, 6) is 1.31. The molecule has 1 aromatic carbocycles. The first kappa shape index (κ1) is 18.8. The number of pyridine rings is 2. The Hall–Kier alpha value is -2.99. The lowest BCUT2D eigenvalue weighted by atomic mass is 10.1. The molecule has 7 heteroatoms. The highest BCUT2D eigenvalue weighted by molar-refractivity contribution is 5.98. The van der Waals surface area contributed by atoms with Crippen LogP contribution < -0.4 is 5.32 Å². The summed E-state index contributed by atoms with van der Waals surface area (Å²) in [5, 5.41) is 8.45. The summed E-state index contributed by atoms with van der Waals surface area (Å²) in [5.41, 5.74) is 4.17. The molecule has 0 saturated heterocycles. The molecular formula is C20H20ClN5O. The Morgan fingerprint density at radius 1 is 1.00 bits per heavy atom. The minimum absolute atomic E-state index is 0. The third-order valence-electron chi connectivity index (χ3n) is 4.10. The van der Waals surface area contributed by atoms with Gasteiger partial charge in [0.15, 0.2) is 11.5 Å². The minimum atomic E-state index is 0. The number of fused-ring (bicyclic) bond motifs is 1. The van der Waals surface area contributed by atoms with E-state index < -0.39 is 0 Å². The van der Waals surface area contributed by atoms with E-state index >= 15 is 0 Å². The molecule has 138 valence electrons. The van der Waals surface area contributed by atoms with Gasteiger partial charge in [0.25, 0.3) is 5.89 Å². The lowest BCUT2D eigenvalue weighted by Crippen LogP contribution is -1.98. The van der Waals surface area contributed by atoms with Gasteiger partial charge >= 0.3 is 0 Å². The zero-order chi connectivity index (χ0) is 18.1. The molecule has 0 amide bonds. The molecule has 6 nitrogen and oxygen atoms in total. The van der Waals surface area contributed by atoms with Crippen LogP contribution in [0.1, 0.15) is 31.3 Å². The van der Waals surface area contributed by atoms with Crippen molar-refractivity contribution in [3.8, 4) is 11.5 Å². The number of anilines is 2. The van der Waals surface area contributed by atoms with Crippen molar-refractivity contribution in [3.63, 3.8) is 0 Å². The molecule has 0 aliphatic heterocycles. The standard InChI is InChI=1S/C20H19N5O.ClH/c1-12(2)18-24-20(26-25-18)16-11-21-19-15(10-9-13(3)22-19)17(16)23-14-7-5-4-6-8-14;/h4-12H,1-3H3,(H,21,22,23);1H. The smallest absolute Gasteiger partial charge is 0.261 e. The Morgan fingerprint density at radius 2 is 1.78 bits per heavy atom.